The van der Waals surface area contributed by atoms with Crippen LogP contribution in [0, 0.1) is 0 Å². The van der Waals surface area contributed by atoms with E-state index in [9.17, 15) is 0 Å². The summed E-state index contributed by atoms with van der Waals surface area (Å²) < 4.78 is 0. The summed E-state index contributed by atoms with van der Waals surface area (Å²) in [5.41, 5.74) is 2.75. The van der Waals surface area contributed by atoms with Crippen LogP contribution >= 0.6 is 11.2 Å². The number of aliphatic imine (C=N–C) groups is 1. The van der Waals surface area contributed by atoms with Gasteiger partial charge in [-0.3, -0.25) is 4.99 Å². The Hall–Kier alpha value is -0.543. The monoisotopic (exact) mass is 249 g/mol. The quantitative estimate of drug-likeness (QED) is 0.736. The zero-order valence-electron chi connectivity index (χ0n) is 10.2. The zero-order valence-corrected chi connectivity index (χ0v) is 12.1. The summed E-state index contributed by atoms with van der Waals surface area (Å²) in [6.07, 6.45) is 1.22. The van der Waals surface area contributed by atoms with Crippen LogP contribution in [0.5, 0.6) is 0 Å². The normalized spacial score (nSPS) is 22.4. The smallest absolute Gasteiger partial charge is 0.109 e. The van der Waals surface area contributed by atoms with Crippen molar-refractivity contribution in [2.24, 2.45) is 4.99 Å². The first-order chi connectivity index (χ1) is 7.54. The summed E-state index contributed by atoms with van der Waals surface area (Å²) in [6.45, 7) is 8.08. The van der Waals surface area contributed by atoms with Gasteiger partial charge >= 0.3 is 0 Å². The fourth-order valence-corrected chi connectivity index (χ4v) is 6.15. The summed E-state index contributed by atoms with van der Waals surface area (Å²) >= 11 is 2.17. The summed E-state index contributed by atoms with van der Waals surface area (Å²) in [4.78, 5) is 4.69. The average Bonchev–Trinajstić information content (AvgIpc) is 2.92. The fourth-order valence-electron chi connectivity index (χ4n) is 1.61. The van der Waals surface area contributed by atoms with E-state index in [1.165, 1.54) is 17.7 Å². The SMILES string of the molecule is C[Si](C)(C)SC1C/C1=N\Cc1ccccc1. The number of hydrogen-bond acceptors (Lipinski definition) is 2. The van der Waals surface area contributed by atoms with E-state index in [2.05, 4.69) is 66.2 Å². The van der Waals surface area contributed by atoms with Gasteiger partial charge in [-0.1, -0.05) is 50.0 Å². The Labute approximate surface area is 103 Å². The number of benzene rings is 1. The minimum atomic E-state index is -0.972. The third kappa shape index (κ3) is 3.80. The second kappa shape index (κ2) is 4.76. The van der Waals surface area contributed by atoms with Crippen molar-refractivity contribution in [3.05, 3.63) is 35.9 Å². The largest absolute Gasteiger partial charge is 0.288 e. The Morgan fingerprint density at radius 1 is 1.25 bits per heavy atom. The van der Waals surface area contributed by atoms with Crippen molar-refractivity contribution in [3.8, 4) is 0 Å². The van der Waals surface area contributed by atoms with E-state index < -0.39 is 7.22 Å². The van der Waals surface area contributed by atoms with E-state index in [1.54, 1.807) is 0 Å². The van der Waals surface area contributed by atoms with Gasteiger partial charge < -0.3 is 0 Å². The molecule has 86 valence electrons. The molecule has 1 atom stereocenters. The van der Waals surface area contributed by atoms with Crippen LogP contribution in [0.1, 0.15) is 12.0 Å². The molecule has 1 saturated carbocycles. The van der Waals surface area contributed by atoms with Gasteiger partial charge in [-0.2, -0.15) is 11.2 Å². The van der Waals surface area contributed by atoms with Crippen LogP contribution in [0.2, 0.25) is 19.6 Å². The molecule has 0 amide bonds. The van der Waals surface area contributed by atoms with Crippen LogP contribution in [-0.2, 0) is 6.54 Å². The topological polar surface area (TPSA) is 12.4 Å². The summed E-state index contributed by atoms with van der Waals surface area (Å²) in [5.74, 6) is 0. The van der Waals surface area contributed by atoms with E-state index >= 15 is 0 Å². The third-order valence-corrected chi connectivity index (χ3v) is 6.81. The highest BCUT2D eigenvalue weighted by Crippen LogP contribution is 2.38. The van der Waals surface area contributed by atoms with Crippen molar-refractivity contribution < 1.29 is 0 Å². The van der Waals surface area contributed by atoms with Crippen LogP contribution < -0.4 is 0 Å². The maximum absolute atomic E-state index is 4.69. The second-order valence-electron chi connectivity index (χ2n) is 5.22. The molecular formula is C13H19NSSi. The standard InChI is InChI=1S/C13H19NSSi/c1-16(2,3)15-13-9-12(13)14-10-11-7-5-4-6-8-11/h4-8,13H,9-10H2,1-3H3/b14-12+. The van der Waals surface area contributed by atoms with E-state index in [-0.39, 0.29) is 0 Å². The Bertz CT molecular complexity index is 381. The molecule has 2 rings (SSSR count). The Kier molecular flexibility index (Phi) is 3.55. The molecule has 0 saturated heterocycles. The molecule has 3 heteroatoms. The first kappa shape index (κ1) is 11.9. The Balaban J connectivity index is 1.84. The molecule has 1 fully saturated rings. The lowest BCUT2D eigenvalue weighted by Crippen LogP contribution is -2.15. The van der Waals surface area contributed by atoms with Gasteiger partial charge in [0, 0.05) is 17.4 Å². The molecule has 1 aliphatic rings. The van der Waals surface area contributed by atoms with Crippen molar-refractivity contribution in [2.75, 3.05) is 0 Å². The molecule has 1 unspecified atom stereocenters. The minimum Gasteiger partial charge on any atom is -0.288 e. The molecular weight excluding hydrogens is 230 g/mol. The molecule has 1 nitrogen and oxygen atoms in total. The highest BCUT2D eigenvalue weighted by molar-refractivity contribution is 8.29. The van der Waals surface area contributed by atoms with Gasteiger partial charge in [0.1, 0.15) is 7.22 Å². The fraction of sp³-hybridized carbons (Fsp3) is 0.462. The zero-order chi connectivity index (χ0) is 11.6. The lowest BCUT2D eigenvalue weighted by Gasteiger charge is -2.13. The predicted molar refractivity (Wildman–Crippen MR) is 76.9 cm³/mol. The van der Waals surface area contributed by atoms with Gasteiger partial charge in [0.15, 0.2) is 0 Å². The lowest BCUT2D eigenvalue weighted by molar-refractivity contribution is 1.07. The van der Waals surface area contributed by atoms with Crippen molar-refractivity contribution in [2.45, 2.75) is 37.9 Å². The average molecular weight is 249 g/mol. The highest BCUT2D eigenvalue weighted by Gasteiger charge is 2.36. The van der Waals surface area contributed by atoms with Gasteiger partial charge in [0.05, 0.1) is 6.54 Å². The molecule has 0 aromatic heterocycles. The van der Waals surface area contributed by atoms with Gasteiger partial charge in [0.25, 0.3) is 0 Å². The van der Waals surface area contributed by atoms with Gasteiger partial charge in [0.2, 0.25) is 0 Å². The van der Waals surface area contributed by atoms with E-state index in [4.69, 9.17) is 0 Å². The molecule has 0 spiro atoms. The van der Waals surface area contributed by atoms with Crippen LogP contribution in [0.3, 0.4) is 0 Å². The lowest BCUT2D eigenvalue weighted by atomic mass is 10.2. The first-order valence-corrected chi connectivity index (χ1v) is 10.9. The third-order valence-electron chi connectivity index (χ3n) is 2.41. The van der Waals surface area contributed by atoms with Crippen LogP contribution in [0.4, 0.5) is 0 Å². The van der Waals surface area contributed by atoms with E-state index in [1.807, 2.05) is 0 Å². The van der Waals surface area contributed by atoms with Gasteiger partial charge in [-0.25, -0.2) is 0 Å². The van der Waals surface area contributed by atoms with E-state index in [0.717, 1.165) is 11.8 Å². The summed E-state index contributed by atoms with van der Waals surface area (Å²) in [6, 6.07) is 10.5. The predicted octanol–water partition coefficient (Wildman–Crippen LogP) is 3.97. The van der Waals surface area contributed by atoms with Crippen LogP contribution in [0.15, 0.2) is 35.3 Å². The number of hydrogen-bond donors (Lipinski definition) is 0. The van der Waals surface area contributed by atoms with E-state index in [0.29, 0.717) is 0 Å². The molecule has 16 heavy (non-hydrogen) atoms. The Morgan fingerprint density at radius 3 is 2.56 bits per heavy atom. The first-order valence-electron chi connectivity index (χ1n) is 5.79. The summed E-state index contributed by atoms with van der Waals surface area (Å²) in [5, 5.41) is 0.746. The maximum atomic E-state index is 4.69. The minimum absolute atomic E-state index is 0.746. The van der Waals surface area contributed by atoms with Crippen molar-refractivity contribution in [1.29, 1.82) is 0 Å². The summed E-state index contributed by atoms with van der Waals surface area (Å²) in [7, 11) is -0.972. The van der Waals surface area contributed by atoms with Crippen LogP contribution in [0.25, 0.3) is 0 Å². The molecule has 0 aliphatic heterocycles. The maximum Gasteiger partial charge on any atom is 0.109 e. The van der Waals surface area contributed by atoms with Gasteiger partial charge in [-0.15, -0.1) is 0 Å². The molecule has 1 aromatic carbocycles. The number of nitrogens with zero attached hydrogens (tertiary/aromatic N) is 1. The molecule has 1 aromatic rings. The molecule has 1 aliphatic carbocycles. The van der Waals surface area contributed by atoms with Crippen molar-refractivity contribution in [1.82, 2.24) is 0 Å². The number of rotatable bonds is 4. The second-order valence-corrected chi connectivity index (χ2v) is 14.6. The molecule has 0 heterocycles. The molecule has 0 bridgehead atoms. The van der Waals surface area contributed by atoms with Crippen LogP contribution in [-0.4, -0.2) is 18.2 Å². The highest BCUT2D eigenvalue weighted by atomic mass is 32.4. The molecule has 0 N–H and O–H groups in total. The van der Waals surface area contributed by atoms with Crippen molar-refractivity contribution >= 4 is 24.1 Å². The molecule has 0 radical (unpaired) electrons. The van der Waals surface area contributed by atoms with Gasteiger partial charge in [-0.05, 0) is 5.56 Å². The van der Waals surface area contributed by atoms with Crippen molar-refractivity contribution in [3.63, 3.8) is 0 Å². The Morgan fingerprint density at radius 2 is 1.94 bits per heavy atom.